The second kappa shape index (κ2) is 7.77. The Hall–Kier alpha value is -1.35. The van der Waals surface area contributed by atoms with Gasteiger partial charge < -0.3 is 9.64 Å². The van der Waals surface area contributed by atoms with Gasteiger partial charge in [0.15, 0.2) is 5.78 Å². The van der Waals surface area contributed by atoms with Gasteiger partial charge in [-0.1, -0.05) is 6.92 Å². The third-order valence-corrected chi connectivity index (χ3v) is 4.26. The molecule has 1 aliphatic rings. The maximum Gasteiger partial charge on any atom is 0.164 e. The molecule has 22 heavy (non-hydrogen) atoms. The molecule has 0 aliphatic carbocycles. The second-order valence-electron chi connectivity index (χ2n) is 6.87. The first-order valence-corrected chi connectivity index (χ1v) is 8.48. The van der Waals surface area contributed by atoms with Crippen LogP contribution < -0.4 is 4.74 Å². The summed E-state index contributed by atoms with van der Waals surface area (Å²) >= 11 is 0. The van der Waals surface area contributed by atoms with Crippen molar-refractivity contribution in [1.82, 2.24) is 4.90 Å². The zero-order valence-electron chi connectivity index (χ0n) is 14.4. The Morgan fingerprint density at radius 1 is 1.41 bits per heavy atom. The van der Waals surface area contributed by atoms with E-state index in [0.29, 0.717) is 6.42 Å². The van der Waals surface area contributed by atoms with Crippen LogP contribution in [0.25, 0.3) is 0 Å². The lowest BCUT2D eigenvalue weighted by Crippen LogP contribution is -2.35. The number of aryl methyl sites for hydroxylation is 1. The summed E-state index contributed by atoms with van der Waals surface area (Å²) in [4.78, 5) is 14.8. The number of hydrogen-bond donors (Lipinski definition) is 0. The highest BCUT2D eigenvalue weighted by atomic mass is 16.5. The highest BCUT2D eigenvalue weighted by Crippen LogP contribution is 2.21. The monoisotopic (exact) mass is 303 g/mol. The van der Waals surface area contributed by atoms with Crippen molar-refractivity contribution in [2.24, 2.45) is 5.92 Å². The minimum Gasteiger partial charge on any atom is -0.491 e. The van der Waals surface area contributed by atoms with Crippen LogP contribution in [0.2, 0.25) is 0 Å². The Morgan fingerprint density at radius 3 is 2.82 bits per heavy atom. The molecule has 0 saturated carbocycles. The lowest BCUT2D eigenvalue weighted by atomic mass is 9.99. The SMILES string of the molecule is Cc1cc(C(=O)CCN2CCCC(C)C2)ccc1OC(C)C. The smallest absolute Gasteiger partial charge is 0.164 e. The third kappa shape index (κ3) is 4.84. The minimum absolute atomic E-state index is 0.154. The molecule has 3 nitrogen and oxygen atoms in total. The first-order valence-electron chi connectivity index (χ1n) is 8.48. The number of likely N-dealkylation sites (tertiary alicyclic amines) is 1. The summed E-state index contributed by atoms with van der Waals surface area (Å²) in [5, 5.41) is 0. The maximum absolute atomic E-state index is 12.4. The average molecular weight is 303 g/mol. The van der Waals surface area contributed by atoms with Crippen molar-refractivity contribution >= 4 is 5.78 Å². The fraction of sp³-hybridized carbons (Fsp3) is 0.632. The summed E-state index contributed by atoms with van der Waals surface area (Å²) in [7, 11) is 0. The molecule has 1 fully saturated rings. The van der Waals surface area contributed by atoms with Gasteiger partial charge in [-0.2, -0.15) is 0 Å². The average Bonchev–Trinajstić information content (AvgIpc) is 2.46. The van der Waals surface area contributed by atoms with Crippen LogP contribution in [0, 0.1) is 12.8 Å². The third-order valence-electron chi connectivity index (χ3n) is 4.26. The van der Waals surface area contributed by atoms with Gasteiger partial charge in [0.1, 0.15) is 5.75 Å². The summed E-state index contributed by atoms with van der Waals surface area (Å²) in [6.07, 6.45) is 3.34. The quantitative estimate of drug-likeness (QED) is 0.741. The molecule has 1 unspecified atom stereocenters. The topological polar surface area (TPSA) is 29.5 Å². The summed E-state index contributed by atoms with van der Waals surface area (Å²) in [5.41, 5.74) is 1.84. The number of benzene rings is 1. The molecule has 0 bridgehead atoms. The van der Waals surface area contributed by atoms with E-state index in [-0.39, 0.29) is 11.9 Å². The highest BCUT2D eigenvalue weighted by Gasteiger charge is 2.17. The fourth-order valence-corrected chi connectivity index (χ4v) is 3.10. The van der Waals surface area contributed by atoms with Crippen molar-refractivity contribution in [3.05, 3.63) is 29.3 Å². The molecule has 0 amide bonds. The number of rotatable bonds is 6. The summed E-state index contributed by atoms with van der Waals surface area (Å²) in [6.45, 7) is 11.5. The number of nitrogens with zero attached hydrogens (tertiary/aromatic N) is 1. The van der Waals surface area contributed by atoms with Crippen molar-refractivity contribution in [2.75, 3.05) is 19.6 Å². The summed E-state index contributed by atoms with van der Waals surface area (Å²) < 4.78 is 5.73. The van der Waals surface area contributed by atoms with Gasteiger partial charge in [-0.05, 0) is 69.8 Å². The highest BCUT2D eigenvalue weighted by molar-refractivity contribution is 5.96. The molecule has 0 spiro atoms. The lowest BCUT2D eigenvalue weighted by molar-refractivity contribution is 0.0949. The Morgan fingerprint density at radius 2 is 2.18 bits per heavy atom. The van der Waals surface area contributed by atoms with Crippen molar-refractivity contribution in [3.8, 4) is 5.75 Å². The van der Waals surface area contributed by atoms with E-state index in [1.807, 2.05) is 39.0 Å². The van der Waals surface area contributed by atoms with Crippen LogP contribution >= 0.6 is 0 Å². The van der Waals surface area contributed by atoms with Gasteiger partial charge in [0.05, 0.1) is 6.10 Å². The van der Waals surface area contributed by atoms with E-state index >= 15 is 0 Å². The van der Waals surface area contributed by atoms with Gasteiger partial charge in [0, 0.05) is 25.1 Å². The van der Waals surface area contributed by atoms with Gasteiger partial charge in [-0.25, -0.2) is 0 Å². The Labute approximate surface area is 134 Å². The van der Waals surface area contributed by atoms with Gasteiger partial charge in [0.2, 0.25) is 0 Å². The first-order chi connectivity index (χ1) is 10.5. The van der Waals surface area contributed by atoms with Gasteiger partial charge in [0.25, 0.3) is 0 Å². The number of Topliss-reactive ketones (excluding diaryl/α,β-unsaturated/α-hetero) is 1. The molecule has 3 heteroatoms. The van der Waals surface area contributed by atoms with E-state index in [0.717, 1.165) is 42.4 Å². The minimum atomic E-state index is 0.154. The molecule has 1 aromatic rings. The summed E-state index contributed by atoms with van der Waals surface area (Å²) in [6, 6.07) is 5.77. The molecular weight excluding hydrogens is 274 g/mol. The number of hydrogen-bond acceptors (Lipinski definition) is 3. The summed E-state index contributed by atoms with van der Waals surface area (Å²) in [5.74, 6) is 1.87. The number of ketones is 1. The van der Waals surface area contributed by atoms with Crippen LogP contribution in [-0.4, -0.2) is 36.4 Å². The van der Waals surface area contributed by atoms with Crippen molar-refractivity contribution < 1.29 is 9.53 Å². The van der Waals surface area contributed by atoms with Crippen molar-refractivity contribution in [2.45, 2.75) is 53.1 Å². The second-order valence-corrected chi connectivity index (χ2v) is 6.87. The van der Waals surface area contributed by atoms with Crippen LogP contribution in [-0.2, 0) is 0 Å². The lowest BCUT2D eigenvalue weighted by Gasteiger charge is -2.30. The molecule has 1 heterocycles. The number of carbonyl (C=O) groups excluding carboxylic acids is 1. The fourth-order valence-electron chi connectivity index (χ4n) is 3.10. The van der Waals surface area contributed by atoms with Crippen molar-refractivity contribution in [3.63, 3.8) is 0 Å². The Balaban J connectivity index is 1.90. The van der Waals surface area contributed by atoms with Crippen LogP contribution in [0.4, 0.5) is 0 Å². The molecule has 2 rings (SSSR count). The normalized spacial score (nSPS) is 19.4. The number of piperidine rings is 1. The molecule has 1 aliphatic heterocycles. The largest absolute Gasteiger partial charge is 0.491 e. The van der Waals surface area contributed by atoms with Gasteiger partial charge in [-0.15, -0.1) is 0 Å². The van der Waals surface area contributed by atoms with Crippen molar-refractivity contribution in [1.29, 1.82) is 0 Å². The number of ether oxygens (including phenoxy) is 1. The molecule has 0 N–H and O–H groups in total. The van der Waals surface area contributed by atoms with Crippen LogP contribution in [0.3, 0.4) is 0 Å². The van der Waals surface area contributed by atoms with Crippen LogP contribution in [0.1, 0.15) is 56.0 Å². The Bertz CT molecular complexity index is 510. The molecule has 1 aromatic carbocycles. The zero-order valence-corrected chi connectivity index (χ0v) is 14.4. The number of carbonyl (C=O) groups is 1. The van der Waals surface area contributed by atoms with E-state index in [1.165, 1.54) is 12.8 Å². The predicted molar refractivity (Wildman–Crippen MR) is 90.7 cm³/mol. The van der Waals surface area contributed by atoms with Gasteiger partial charge >= 0.3 is 0 Å². The van der Waals surface area contributed by atoms with E-state index in [1.54, 1.807) is 0 Å². The van der Waals surface area contributed by atoms with E-state index in [4.69, 9.17) is 4.74 Å². The molecular formula is C19H29NO2. The molecule has 0 radical (unpaired) electrons. The molecule has 1 atom stereocenters. The Kier molecular flexibility index (Phi) is 6.01. The molecule has 0 aromatic heterocycles. The van der Waals surface area contributed by atoms with Gasteiger partial charge in [-0.3, -0.25) is 4.79 Å². The van der Waals surface area contributed by atoms with E-state index in [2.05, 4.69) is 11.8 Å². The molecule has 122 valence electrons. The molecule has 1 saturated heterocycles. The first kappa shape index (κ1) is 17.0. The van der Waals surface area contributed by atoms with E-state index in [9.17, 15) is 4.79 Å². The van der Waals surface area contributed by atoms with Crippen LogP contribution in [0.15, 0.2) is 18.2 Å². The van der Waals surface area contributed by atoms with Crippen LogP contribution in [0.5, 0.6) is 5.75 Å². The standard InChI is InChI=1S/C19H29NO2/c1-14(2)22-19-8-7-17(12-16(19)4)18(21)9-11-20-10-5-6-15(3)13-20/h7-8,12,14-15H,5-6,9-11,13H2,1-4H3. The zero-order chi connectivity index (χ0) is 16.1. The predicted octanol–water partition coefficient (Wildman–Crippen LogP) is 4.09. The van der Waals surface area contributed by atoms with E-state index < -0.39 is 0 Å². The maximum atomic E-state index is 12.4.